The second-order valence-corrected chi connectivity index (χ2v) is 9.01. The number of nitrogens with one attached hydrogen (secondary N) is 2. The zero-order chi connectivity index (χ0) is 21.3. The summed E-state index contributed by atoms with van der Waals surface area (Å²) in [6, 6.07) is 9.41. The maximum Gasteiger partial charge on any atom is 0.252 e. The molecule has 0 saturated heterocycles. The number of hydrogen-bond donors (Lipinski definition) is 3. The molecule has 1 unspecified atom stereocenters. The normalized spacial score (nSPS) is 26.9. The van der Waals surface area contributed by atoms with Crippen LogP contribution in [-0.2, 0) is 5.60 Å². The third-order valence-electron chi connectivity index (χ3n) is 6.75. The molecule has 2 heterocycles. The van der Waals surface area contributed by atoms with Crippen molar-refractivity contribution in [1.29, 1.82) is 0 Å². The number of carbonyl (C=O) groups is 1. The van der Waals surface area contributed by atoms with Crippen molar-refractivity contribution in [1.82, 2.24) is 20.5 Å². The van der Waals surface area contributed by atoms with Gasteiger partial charge in [0.05, 0.1) is 28.4 Å². The SMILES string of the molecule is O=C(NC1[C@H]2C[C@](O)(c3cc(Cl)cc4[nH]ncc34)C[C@@H]12)c1ccnc2ccc(F)cc12. The minimum absolute atomic E-state index is 0.0106. The van der Waals surface area contributed by atoms with Gasteiger partial charge in [0.2, 0.25) is 0 Å². The molecule has 2 aromatic carbocycles. The number of hydrogen-bond acceptors (Lipinski definition) is 4. The van der Waals surface area contributed by atoms with Gasteiger partial charge >= 0.3 is 0 Å². The average Bonchev–Trinajstić information content (AvgIpc) is 3.10. The molecule has 0 spiro atoms. The molecule has 3 N–H and O–H groups in total. The van der Waals surface area contributed by atoms with E-state index in [0.29, 0.717) is 34.3 Å². The summed E-state index contributed by atoms with van der Waals surface area (Å²) in [6.07, 6.45) is 4.33. The highest BCUT2D eigenvalue weighted by atomic mass is 35.5. The average molecular weight is 437 g/mol. The van der Waals surface area contributed by atoms with Gasteiger partial charge in [0.1, 0.15) is 5.82 Å². The van der Waals surface area contributed by atoms with Crippen molar-refractivity contribution in [3.05, 3.63) is 70.8 Å². The van der Waals surface area contributed by atoms with Crippen LogP contribution < -0.4 is 5.32 Å². The molecule has 2 aliphatic rings. The second-order valence-electron chi connectivity index (χ2n) is 8.57. The Morgan fingerprint density at radius 2 is 2.00 bits per heavy atom. The number of halogens is 2. The first kappa shape index (κ1) is 18.7. The van der Waals surface area contributed by atoms with Crippen LogP contribution in [0.2, 0.25) is 5.02 Å². The van der Waals surface area contributed by atoms with Gasteiger partial charge in [-0.05, 0) is 66.6 Å². The van der Waals surface area contributed by atoms with Gasteiger partial charge in [0.15, 0.2) is 0 Å². The summed E-state index contributed by atoms with van der Waals surface area (Å²) in [6.45, 7) is 0. The number of H-pyrrole nitrogens is 1. The zero-order valence-electron chi connectivity index (χ0n) is 16.3. The van der Waals surface area contributed by atoms with Gasteiger partial charge in [-0.25, -0.2) is 4.39 Å². The van der Waals surface area contributed by atoms with Gasteiger partial charge in [-0.15, -0.1) is 0 Å². The maximum absolute atomic E-state index is 13.7. The maximum atomic E-state index is 13.7. The lowest BCUT2D eigenvalue weighted by atomic mass is 9.86. The molecule has 2 saturated carbocycles. The largest absolute Gasteiger partial charge is 0.385 e. The van der Waals surface area contributed by atoms with Gasteiger partial charge in [0, 0.05) is 28.0 Å². The number of amides is 1. The molecule has 8 heteroatoms. The van der Waals surface area contributed by atoms with Gasteiger partial charge < -0.3 is 10.4 Å². The zero-order valence-corrected chi connectivity index (χ0v) is 17.0. The fourth-order valence-corrected chi connectivity index (χ4v) is 5.46. The van der Waals surface area contributed by atoms with Crippen molar-refractivity contribution in [2.45, 2.75) is 24.5 Å². The Labute approximate surface area is 181 Å². The molecule has 0 bridgehead atoms. The first-order chi connectivity index (χ1) is 14.9. The van der Waals surface area contributed by atoms with Crippen molar-refractivity contribution in [3.63, 3.8) is 0 Å². The highest BCUT2D eigenvalue weighted by molar-refractivity contribution is 6.31. The third-order valence-corrected chi connectivity index (χ3v) is 6.97. The Bertz CT molecular complexity index is 1360. The van der Waals surface area contributed by atoms with E-state index in [0.717, 1.165) is 16.5 Å². The number of rotatable bonds is 3. The molecule has 2 aliphatic carbocycles. The highest BCUT2D eigenvalue weighted by Crippen LogP contribution is 2.60. The molecule has 0 aliphatic heterocycles. The van der Waals surface area contributed by atoms with E-state index in [1.54, 1.807) is 36.7 Å². The molecule has 2 fully saturated rings. The minimum atomic E-state index is -1.00. The number of fused-ring (bicyclic) bond motifs is 3. The van der Waals surface area contributed by atoms with Crippen molar-refractivity contribution in [2.24, 2.45) is 11.8 Å². The number of nitrogens with zero attached hydrogens (tertiary/aromatic N) is 2. The van der Waals surface area contributed by atoms with E-state index < -0.39 is 11.4 Å². The predicted molar refractivity (Wildman–Crippen MR) is 114 cm³/mol. The summed E-state index contributed by atoms with van der Waals surface area (Å²) in [4.78, 5) is 17.1. The lowest BCUT2D eigenvalue weighted by Crippen LogP contribution is -2.33. The van der Waals surface area contributed by atoms with E-state index in [1.165, 1.54) is 12.1 Å². The first-order valence-corrected chi connectivity index (χ1v) is 10.5. The van der Waals surface area contributed by atoms with Gasteiger partial charge in [-0.2, -0.15) is 5.10 Å². The van der Waals surface area contributed by atoms with Crippen molar-refractivity contribution in [3.8, 4) is 0 Å². The molecule has 1 amide bonds. The third kappa shape index (κ3) is 2.91. The monoisotopic (exact) mass is 436 g/mol. The lowest BCUT2D eigenvalue weighted by molar-refractivity contribution is 0.0293. The summed E-state index contributed by atoms with van der Waals surface area (Å²) >= 11 is 6.25. The molecule has 2 aromatic heterocycles. The number of carbonyl (C=O) groups excluding carboxylic acids is 1. The summed E-state index contributed by atoms with van der Waals surface area (Å²) < 4.78 is 13.7. The van der Waals surface area contributed by atoms with Crippen LogP contribution in [0.4, 0.5) is 4.39 Å². The smallest absolute Gasteiger partial charge is 0.252 e. The van der Waals surface area contributed by atoms with Crippen LogP contribution in [0.25, 0.3) is 21.8 Å². The minimum Gasteiger partial charge on any atom is -0.385 e. The van der Waals surface area contributed by atoms with E-state index in [2.05, 4.69) is 20.5 Å². The molecule has 0 radical (unpaired) electrons. The highest BCUT2D eigenvalue weighted by Gasteiger charge is 2.62. The molecule has 6 nitrogen and oxygen atoms in total. The fourth-order valence-electron chi connectivity index (χ4n) is 5.25. The molecule has 4 atom stereocenters. The van der Waals surface area contributed by atoms with E-state index >= 15 is 0 Å². The molecule has 31 heavy (non-hydrogen) atoms. The van der Waals surface area contributed by atoms with Crippen molar-refractivity contribution < 1.29 is 14.3 Å². The van der Waals surface area contributed by atoms with E-state index in [-0.39, 0.29) is 23.8 Å². The van der Waals surface area contributed by atoms with Crippen LogP contribution in [-0.4, -0.2) is 32.2 Å². The number of pyridine rings is 1. The van der Waals surface area contributed by atoms with Crippen LogP contribution in [0.3, 0.4) is 0 Å². The molecular formula is C23H18ClFN4O2. The lowest BCUT2D eigenvalue weighted by Gasteiger charge is -2.27. The number of benzene rings is 2. The van der Waals surface area contributed by atoms with Crippen LogP contribution in [0.5, 0.6) is 0 Å². The fraction of sp³-hybridized carbons (Fsp3) is 0.261. The molecule has 4 aromatic rings. The Morgan fingerprint density at radius 1 is 1.19 bits per heavy atom. The Balaban J connectivity index is 1.22. The van der Waals surface area contributed by atoms with Crippen LogP contribution in [0, 0.1) is 17.7 Å². The standard InChI is InChI=1S/C23H18ClFN4O2/c24-11-5-18(17-10-27-29-20(17)6-11)23(31)8-15-16(9-23)21(15)28-22(30)13-3-4-26-19-2-1-12(25)7-14(13)19/h1-7,10,15-16,21,31H,8-9H2,(H,27,29)(H,28,30)/t15-,16+,21?,23+. The van der Waals surface area contributed by atoms with Crippen molar-refractivity contribution in [2.75, 3.05) is 0 Å². The van der Waals surface area contributed by atoms with Crippen LogP contribution in [0.15, 0.2) is 48.8 Å². The number of aliphatic hydroxyl groups is 1. The molecule has 6 rings (SSSR count). The Hall–Kier alpha value is -3.03. The van der Waals surface area contributed by atoms with Gasteiger partial charge in [0.25, 0.3) is 5.91 Å². The Morgan fingerprint density at radius 3 is 2.81 bits per heavy atom. The van der Waals surface area contributed by atoms with E-state index in [4.69, 9.17) is 11.6 Å². The summed E-state index contributed by atoms with van der Waals surface area (Å²) in [7, 11) is 0. The topological polar surface area (TPSA) is 90.9 Å². The molecular weight excluding hydrogens is 419 g/mol. The first-order valence-electron chi connectivity index (χ1n) is 10.1. The summed E-state index contributed by atoms with van der Waals surface area (Å²) in [5.41, 5.74) is 1.54. The van der Waals surface area contributed by atoms with Gasteiger partial charge in [-0.3, -0.25) is 14.9 Å². The quantitative estimate of drug-likeness (QED) is 0.454. The van der Waals surface area contributed by atoms with Crippen LogP contribution >= 0.6 is 11.6 Å². The summed E-state index contributed by atoms with van der Waals surface area (Å²) in [5, 5.41) is 23.3. The predicted octanol–water partition coefficient (Wildman–Crippen LogP) is 3.93. The van der Waals surface area contributed by atoms with E-state index in [9.17, 15) is 14.3 Å². The van der Waals surface area contributed by atoms with Crippen molar-refractivity contribution >= 4 is 39.3 Å². The van der Waals surface area contributed by atoms with Crippen LogP contribution in [0.1, 0.15) is 28.8 Å². The molecule has 156 valence electrons. The van der Waals surface area contributed by atoms with Gasteiger partial charge in [-0.1, -0.05) is 11.6 Å². The second kappa shape index (κ2) is 6.48. The Kier molecular flexibility index (Phi) is 3.91. The number of aromatic nitrogens is 3. The summed E-state index contributed by atoms with van der Waals surface area (Å²) in [5.74, 6) is -0.296. The van der Waals surface area contributed by atoms with E-state index in [1.807, 2.05) is 0 Å². The number of aromatic amines is 1.